The highest BCUT2D eigenvalue weighted by molar-refractivity contribution is 8.32. The van der Waals surface area contributed by atoms with Crippen molar-refractivity contribution in [2.24, 2.45) is 0 Å². The minimum atomic E-state index is -1.10. The Kier molecular flexibility index (Phi) is 7.30. The van der Waals surface area contributed by atoms with Gasteiger partial charge >= 0.3 is 0 Å². The summed E-state index contributed by atoms with van der Waals surface area (Å²) in [6.07, 6.45) is 14.4. The molecule has 0 aromatic carbocycles. The second-order valence-electron chi connectivity index (χ2n) is 10.5. The minimum Gasteiger partial charge on any atom is -0.389 e. The Morgan fingerprint density at radius 1 is 1.09 bits per heavy atom. The first-order chi connectivity index (χ1) is 15.2. The molecule has 2 N–H and O–H groups in total. The fourth-order valence-corrected chi connectivity index (χ4v) is 3.91. The molecule has 0 amide bonds. The van der Waals surface area contributed by atoms with Crippen LogP contribution in [-0.4, -0.2) is 71.9 Å². The minimum absolute atomic E-state index is 0.404. The van der Waals surface area contributed by atoms with Crippen molar-refractivity contribution in [2.75, 3.05) is 31.1 Å². The summed E-state index contributed by atoms with van der Waals surface area (Å²) in [4.78, 5) is 4.46. The Labute approximate surface area is 198 Å². The summed E-state index contributed by atoms with van der Waals surface area (Å²) in [5.74, 6) is 6.83. The third-order valence-corrected chi connectivity index (χ3v) is 6.22. The molecule has 0 radical (unpaired) electrons. The van der Waals surface area contributed by atoms with Crippen LogP contribution in [0.3, 0.4) is 0 Å². The molecule has 33 heavy (non-hydrogen) atoms. The van der Waals surface area contributed by atoms with Crippen molar-refractivity contribution in [2.45, 2.75) is 52.2 Å². The van der Waals surface area contributed by atoms with Crippen LogP contribution in [0.25, 0.3) is 22.0 Å². The zero-order chi connectivity index (χ0) is 24.4. The summed E-state index contributed by atoms with van der Waals surface area (Å²) in [6.45, 7) is 8.39. The van der Waals surface area contributed by atoms with E-state index in [2.05, 4.69) is 40.7 Å². The third kappa shape index (κ3) is 7.61. The first kappa shape index (κ1) is 25.3. The third-order valence-electron chi connectivity index (χ3n) is 4.83. The number of aliphatic hydroxyl groups is 2. The molecule has 0 aliphatic carbocycles. The maximum Gasteiger partial charge on any atom is 0.139 e. The summed E-state index contributed by atoms with van der Waals surface area (Å²) >= 11 is 0. The smallest absolute Gasteiger partial charge is 0.139 e. The molecule has 0 saturated heterocycles. The molecule has 0 atom stereocenters. The van der Waals surface area contributed by atoms with Gasteiger partial charge in [0.15, 0.2) is 0 Å². The SMILES string of the molecule is CC(C)(O)C#Cc1cc2c(-c3cnn(COCCS(C)(C)C)c3)cn(CC(C)(C)O)c2cn1. The number of hydrogen-bond acceptors (Lipinski definition) is 5. The van der Waals surface area contributed by atoms with E-state index in [1.807, 2.05) is 29.2 Å². The number of hydrogen-bond donors (Lipinski definition) is 2. The monoisotopic (exact) mass is 472 g/mol. The van der Waals surface area contributed by atoms with E-state index in [-0.39, 0.29) is 0 Å². The maximum absolute atomic E-state index is 10.4. The van der Waals surface area contributed by atoms with Crippen molar-refractivity contribution in [3.63, 3.8) is 0 Å². The lowest BCUT2D eigenvalue weighted by molar-refractivity contribution is 0.0628. The number of ether oxygens (including phenoxy) is 1. The van der Waals surface area contributed by atoms with Crippen molar-refractivity contribution in [3.8, 4) is 23.0 Å². The predicted octanol–water partition coefficient (Wildman–Crippen LogP) is 3.46. The molecule has 3 aromatic heterocycles. The zero-order valence-electron chi connectivity index (χ0n) is 20.7. The number of aromatic nitrogens is 4. The van der Waals surface area contributed by atoms with E-state index in [1.54, 1.807) is 38.6 Å². The molecule has 3 heterocycles. The largest absolute Gasteiger partial charge is 0.389 e. The van der Waals surface area contributed by atoms with Gasteiger partial charge in [0.1, 0.15) is 18.0 Å². The first-order valence-electron chi connectivity index (χ1n) is 10.9. The molecular weight excluding hydrogens is 436 g/mol. The fraction of sp³-hybridized carbons (Fsp3) is 0.520. The molecule has 0 aliphatic rings. The van der Waals surface area contributed by atoms with Crippen LogP contribution in [0.15, 0.2) is 30.9 Å². The number of nitrogens with zero attached hydrogens (tertiary/aromatic N) is 4. The molecule has 3 aromatic rings. The number of pyridine rings is 1. The summed E-state index contributed by atoms with van der Waals surface area (Å²) in [6, 6.07) is 1.92. The Morgan fingerprint density at radius 3 is 2.45 bits per heavy atom. The van der Waals surface area contributed by atoms with Crippen molar-refractivity contribution in [3.05, 3.63) is 36.5 Å². The van der Waals surface area contributed by atoms with Crippen molar-refractivity contribution in [1.82, 2.24) is 19.3 Å². The quantitative estimate of drug-likeness (QED) is 0.387. The van der Waals surface area contributed by atoms with Gasteiger partial charge < -0.3 is 19.5 Å². The van der Waals surface area contributed by atoms with E-state index in [0.717, 1.165) is 27.8 Å². The van der Waals surface area contributed by atoms with Crippen molar-refractivity contribution in [1.29, 1.82) is 0 Å². The summed E-state index contributed by atoms with van der Waals surface area (Å²) in [7, 11) is -0.582. The van der Waals surface area contributed by atoms with Gasteiger partial charge in [-0.3, -0.25) is 0 Å². The molecule has 8 heteroatoms. The van der Waals surface area contributed by atoms with Crippen LogP contribution >= 0.6 is 10.0 Å². The summed E-state index contributed by atoms with van der Waals surface area (Å²) < 4.78 is 9.62. The van der Waals surface area contributed by atoms with Crippen LogP contribution in [0.2, 0.25) is 0 Å². The Balaban J connectivity index is 1.93. The standard InChI is InChI=1S/C25H36N4O3S/c1-24(2,30)9-8-20-12-21-22(16-28(17-25(3,4)31)23(21)14-26-20)19-13-27-29(15-19)18-32-10-11-33(5,6)7/h12-16,30-31H,10-11,17-18H2,1-7H3. The van der Waals surface area contributed by atoms with Crippen LogP contribution in [0, 0.1) is 11.8 Å². The molecule has 0 bridgehead atoms. The van der Waals surface area contributed by atoms with Gasteiger partial charge in [0.2, 0.25) is 0 Å². The lowest BCUT2D eigenvalue weighted by Crippen LogP contribution is -2.25. The lowest BCUT2D eigenvalue weighted by atomic mass is 10.1. The molecular formula is C25H36N4O3S. The molecule has 0 spiro atoms. The first-order valence-corrected chi connectivity index (χ1v) is 14.0. The van der Waals surface area contributed by atoms with Crippen molar-refractivity contribution >= 4 is 20.9 Å². The van der Waals surface area contributed by atoms with E-state index in [4.69, 9.17) is 4.74 Å². The molecule has 0 fully saturated rings. The van der Waals surface area contributed by atoms with E-state index < -0.39 is 21.2 Å². The van der Waals surface area contributed by atoms with Gasteiger partial charge in [-0.25, -0.2) is 19.7 Å². The van der Waals surface area contributed by atoms with Gasteiger partial charge in [-0.05, 0) is 58.4 Å². The van der Waals surface area contributed by atoms with Gasteiger partial charge in [-0.15, -0.1) is 0 Å². The number of rotatable bonds is 8. The molecule has 0 unspecified atom stereocenters. The van der Waals surface area contributed by atoms with E-state index in [1.165, 1.54) is 0 Å². The predicted molar refractivity (Wildman–Crippen MR) is 137 cm³/mol. The highest BCUT2D eigenvalue weighted by atomic mass is 32.3. The normalized spacial score (nSPS) is 13.2. The number of fused-ring (bicyclic) bond motifs is 1. The highest BCUT2D eigenvalue weighted by Gasteiger charge is 2.19. The molecule has 0 aliphatic heterocycles. The van der Waals surface area contributed by atoms with Crippen LogP contribution in [-0.2, 0) is 18.0 Å². The van der Waals surface area contributed by atoms with Crippen molar-refractivity contribution < 1.29 is 14.9 Å². The highest BCUT2D eigenvalue weighted by Crippen LogP contribution is 2.34. The Bertz CT molecular complexity index is 1160. The van der Waals surface area contributed by atoms with E-state index >= 15 is 0 Å². The maximum atomic E-state index is 10.4. The second kappa shape index (κ2) is 9.51. The fourth-order valence-electron chi connectivity index (χ4n) is 3.29. The van der Waals surface area contributed by atoms with Gasteiger partial charge in [0.25, 0.3) is 0 Å². The second-order valence-corrected chi connectivity index (χ2v) is 15.1. The molecule has 3 rings (SSSR count). The molecule has 180 valence electrons. The van der Waals surface area contributed by atoms with Gasteiger partial charge in [0, 0.05) is 34.7 Å². The van der Waals surface area contributed by atoms with Gasteiger partial charge in [0.05, 0.1) is 36.7 Å². The van der Waals surface area contributed by atoms with E-state index in [0.29, 0.717) is 25.6 Å². The van der Waals surface area contributed by atoms with Gasteiger partial charge in [-0.1, -0.05) is 5.92 Å². The zero-order valence-corrected chi connectivity index (χ0v) is 21.5. The Hall–Kier alpha value is -2.31. The average molecular weight is 473 g/mol. The van der Waals surface area contributed by atoms with Crippen LogP contribution in [0.4, 0.5) is 0 Å². The average Bonchev–Trinajstić information content (AvgIpc) is 3.26. The molecule has 0 saturated carbocycles. The summed E-state index contributed by atoms with van der Waals surface area (Å²) in [5.41, 5.74) is 1.43. The van der Waals surface area contributed by atoms with Gasteiger partial charge in [-0.2, -0.15) is 5.10 Å². The van der Waals surface area contributed by atoms with E-state index in [9.17, 15) is 10.2 Å². The topological polar surface area (TPSA) is 85.3 Å². The van der Waals surface area contributed by atoms with Crippen LogP contribution < -0.4 is 0 Å². The summed E-state index contributed by atoms with van der Waals surface area (Å²) in [5, 5.41) is 25.8. The molecule has 7 nitrogen and oxygen atoms in total. The lowest BCUT2D eigenvalue weighted by Gasteiger charge is -2.24. The van der Waals surface area contributed by atoms with Crippen LogP contribution in [0.1, 0.15) is 33.4 Å². The Morgan fingerprint density at radius 2 is 1.82 bits per heavy atom. The van der Waals surface area contributed by atoms with Crippen LogP contribution in [0.5, 0.6) is 0 Å².